The van der Waals surface area contributed by atoms with Crippen LogP contribution in [0.1, 0.15) is 33.6 Å². The molecule has 0 spiro atoms. The van der Waals surface area contributed by atoms with Gasteiger partial charge in [0.2, 0.25) is 5.91 Å². The van der Waals surface area contributed by atoms with Crippen molar-refractivity contribution < 1.29 is 18.0 Å². The van der Waals surface area contributed by atoms with Crippen LogP contribution in [0, 0.1) is 11.3 Å². The Kier molecular flexibility index (Phi) is 6.55. The highest BCUT2D eigenvalue weighted by Gasteiger charge is 2.31. The van der Waals surface area contributed by atoms with Crippen LogP contribution in [-0.4, -0.2) is 22.1 Å². The van der Waals surface area contributed by atoms with E-state index in [1.807, 2.05) is 6.07 Å². The molecule has 190 valence electrons. The summed E-state index contributed by atoms with van der Waals surface area (Å²) in [5.41, 5.74) is 8.53. The van der Waals surface area contributed by atoms with Crippen LogP contribution in [0.15, 0.2) is 48.8 Å². The summed E-state index contributed by atoms with van der Waals surface area (Å²) in [4.78, 5) is 23.6. The average molecular weight is 525 g/mol. The molecule has 11 heteroatoms. The fraction of sp³-hybridized carbons (Fsp3) is 0.231. The van der Waals surface area contributed by atoms with Gasteiger partial charge in [-0.25, -0.2) is 9.97 Å². The maximum atomic E-state index is 13.0. The molecule has 1 aliphatic carbocycles. The van der Waals surface area contributed by atoms with Crippen LogP contribution in [0.25, 0.3) is 10.2 Å². The minimum Gasteiger partial charge on any atom is -0.398 e. The Morgan fingerprint density at radius 3 is 2.84 bits per heavy atom. The highest BCUT2D eigenvalue weighted by Crippen LogP contribution is 2.40. The molecule has 0 radical (unpaired) electrons. The molecule has 5 N–H and O–H groups in total. The van der Waals surface area contributed by atoms with Gasteiger partial charge in [-0.3, -0.25) is 4.79 Å². The smallest absolute Gasteiger partial charge is 0.398 e. The molecule has 4 aromatic rings. The number of benzene rings is 2. The Bertz CT molecular complexity index is 1500. The summed E-state index contributed by atoms with van der Waals surface area (Å²) >= 11 is 1.52. The van der Waals surface area contributed by atoms with E-state index >= 15 is 0 Å². The lowest BCUT2D eigenvalue weighted by atomic mass is 9.87. The number of thiophene rings is 1. The quantitative estimate of drug-likeness (QED) is 0.198. The number of amides is 1. The van der Waals surface area contributed by atoms with Gasteiger partial charge < -0.3 is 21.8 Å². The van der Waals surface area contributed by atoms with E-state index in [2.05, 4.69) is 20.6 Å². The van der Waals surface area contributed by atoms with Gasteiger partial charge in [-0.1, -0.05) is 12.1 Å². The third-order valence-corrected chi connectivity index (χ3v) is 7.60. The molecule has 0 aliphatic heterocycles. The van der Waals surface area contributed by atoms with E-state index < -0.39 is 11.7 Å². The molecule has 1 atom stereocenters. The highest BCUT2D eigenvalue weighted by atomic mass is 32.1. The van der Waals surface area contributed by atoms with Crippen molar-refractivity contribution in [2.24, 2.45) is 5.92 Å². The molecular formula is C26H23F3N6OS. The molecule has 1 aliphatic rings. The fourth-order valence-corrected chi connectivity index (χ4v) is 5.80. The van der Waals surface area contributed by atoms with E-state index in [0.717, 1.165) is 38.5 Å². The number of aromatic nitrogens is 2. The number of aryl methyl sites for hydroxylation is 1. The van der Waals surface area contributed by atoms with Gasteiger partial charge in [-0.05, 0) is 60.7 Å². The Labute approximate surface area is 214 Å². The van der Waals surface area contributed by atoms with Crippen LogP contribution in [0.3, 0.4) is 0 Å². The van der Waals surface area contributed by atoms with E-state index in [4.69, 9.17) is 11.1 Å². The van der Waals surface area contributed by atoms with Gasteiger partial charge in [0.1, 0.15) is 17.0 Å². The second-order valence-corrected chi connectivity index (χ2v) is 9.96. The van der Waals surface area contributed by atoms with Crippen molar-refractivity contribution in [3.8, 4) is 0 Å². The molecule has 0 fully saturated rings. The number of carbonyl (C=O) groups excluding carboxylic acids is 1. The monoisotopic (exact) mass is 524 g/mol. The summed E-state index contributed by atoms with van der Waals surface area (Å²) in [6.45, 7) is 0.0391. The topological polar surface area (TPSA) is 117 Å². The molecule has 0 bridgehead atoms. The van der Waals surface area contributed by atoms with Gasteiger partial charge >= 0.3 is 6.18 Å². The Morgan fingerprint density at radius 2 is 2.05 bits per heavy atom. The maximum absolute atomic E-state index is 13.0. The molecular weight excluding hydrogens is 501 g/mol. The van der Waals surface area contributed by atoms with Crippen molar-refractivity contribution in [1.82, 2.24) is 15.3 Å². The SMILES string of the molecule is N=Cc1cc(Nc2ncnc3sc4c(c23)CCC(C(=O)NCc2cccc(C(F)(F)F)c2)C4)ccc1N. The molecule has 37 heavy (non-hydrogen) atoms. The highest BCUT2D eigenvalue weighted by molar-refractivity contribution is 7.19. The molecule has 5 rings (SSSR count). The van der Waals surface area contributed by atoms with Crippen LogP contribution >= 0.6 is 11.3 Å². The van der Waals surface area contributed by atoms with Crippen molar-refractivity contribution in [3.63, 3.8) is 0 Å². The number of anilines is 3. The van der Waals surface area contributed by atoms with Crippen molar-refractivity contribution in [2.45, 2.75) is 32.0 Å². The zero-order valence-electron chi connectivity index (χ0n) is 19.5. The fourth-order valence-electron chi connectivity index (χ4n) is 4.53. The summed E-state index contributed by atoms with van der Waals surface area (Å²) in [5.74, 6) is 0.199. The second kappa shape index (κ2) is 9.81. The predicted molar refractivity (Wildman–Crippen MR) is 138 cm³/mol. The first-order valence-electron chi connectivity index (χ1n) is 11.6. The van der Waals surface area contributed by atoms with E-state index in [9.17, 15) is 18.0 Å². The summed E-state index contributed by atoms with van der Waals surface area (Å²) in [5, 5.41) is 14.5. The molecule has 0 saturated heterocycles. The standard InChI is InChI=1S/C26H23F3N6OS/c27-26(28,29)17-3-1-2-14(8-17)12-32-24(36)15-4-6-19-21(10-15)37-25-22(19)23(33-13-34-25)35-18-5-7-20(31)16(9-18)11-30/h1-3,5,7-9,11,13,15,30H,4,6,10,12,31H2,(H,32,36)(H,33,34,35). The first-order valence-corrected chi connectivity index (χ1v) is 12.4. The van der Waals surface area contributed by atoms with Crippen molar-refractivity contribution >= 4 is 50.9 Å². The third-order valence-electron chi connectivity index (χ3n) is 6.44. The van der Waals surface area contributed by atoms with Crippen molar-refractivity contribution in [1.29, 1.82) is 5.41 Å². The molecule has 7 nitrogen and oxygen atoms in total. The zero-order valence-corrected chi connectivity index (χ0v) is 20.3. The number of carbonyl (C=O) groups is 1. The number of rotatable bonds is 6. The van der Waals surface area contributed by atoms with Gasteiger partial charge in [0.05, 0.1) is 10.9 Å². The number of nitrogen functional groups attached to an aromatic ring is 1. The third kappa shape index (κ3) is 5.12. The lowest BCUT2D eigenvalue weighted by molar-refractivity contribution is -0.137. The van der Waals surface area contributed by atoms with Gasteiger partial charge in [0.15, 0.2) is 0 Å². The number of nitrogens with zero attached hydrogens (tertiary/aromatic N) is 2. The zero-order chi connectivity index (χ0) is 26.2. The molecule has 0 saturated carbocycles. The van der Waals surface area contributed by atoms with E-state index in [1.165, 1.54) is 29.9 Å². The number of alkyl halides is 3. The van der Waals surface area contributed by atoms with Crippen molar-refractivity contribution in [2.75, 3.05) is 11.1 Å². The molecule has 1 unspecified atom stereocenters. The van der Waals surface area contributed by atoms with Crippen LogP contribution in [-0.2, 0) is 30.4 Å². The lowest BCUT2D eigenvalue weighted by Crippen LogP contribution is -2.33. The Balaban J connectivity index is 1.31. The van der Waals surface area contributed by atoms with Gasteiger partial charge in [0.25, 0.3) is 0 Å². The summed E-state index contributed by atoms with van der Waals surface area (Å²) in [7, 11) is 0. The van der Waals surface area contributed by atoms with Gasteiger partial charge in [-0.15, -0.1) is 11.3 Å². The minimum absolute atomic E-state index is 0.0391. The van der Waals surface area contributed by atoms with Gasteiger partial charge in [-0.2, -0.15) is 13.2 Å². The first kappa shape index (κ1) is 24.7. The van der Waals surface area contributed by atoms with E-state index in [-0.39, 0.29) is 18.4 Å². The summed E-state index contributed by atoms with van der Waals surface area (Å²) in [6.07, 6.45) is 0.0627. The number of hydrogen-bond donors (Lipinski definition) is 4. The second-order valence-electron chi connectivity index (χ2n) is 8.87. The molecule has 2 heterocycles. The molecule has 1 amide bonds. The lowest BCUT2D eigenvalue weighted by Gasteiger charge is -2.22. The predicted octanol–water partition coefficient (Wildman–Crippen LogP) is 5.45. The maximum Gasteiger partial charge on any atom is 0.416 e. The first-order chi connectivity index (χ1) is 17.7. The van der Waals surface area contributed by atoms with E-state index in [0.29, 0.717) is 41.9 Å². The van der Waals surface area contributed by atoms with Crippen molar-refractivity contribution in [3.05, 3.63) is 75.9 Å². The van der Waals surface area contributed by atoms with Crippen LogP contribution in [0.2, 0.25) is 0 Å². The summed E-state index contributed by atoms with van der Waals surface area (Å²) in [6, 6.07) is 10.3. The molecule has 2 aromatic heterocycles. The van der Waals surface area contributed by atoms with E-state index in [1.54, 1.807) is 18.2 Å². The number of halogens is 3. The van der Waals surface area contributed by atoms with Crippen LogP contribution in [0.4, 0.5) is 30.4 Å². The average Bonchev–Trinajstić information content (AvgIpc) is 3.27. The van der Waals surface area contributed by atoms with Crippen LogP contribution in [0.5, 0.6) is 0 Å². The Hall–Kier alpha value is -3.99. The Morgan fingerprint density at radius 1 is 1.22 bits per heavy atom. The summed E-state index contributed by atoms with van der Waals surface area (Å²) < 4.78 is 38.9. The number of fused-ring (bicyclic) bond motifs is 3. The normalized spacial score (nSPS) is 15.3. The van der Waals surface area contributed by atoms with Gasteiger partial charge in [0, 0.05) is 40.5 Å². The number of nitrogens with two attached hydrogens (primary N) is 1. The number of hydrogen-bond acceptors (Lipinski definition) is 7. The molecule has 2 aromatic carbocycles. The van der Waals surface area contributed by atoms with Crippen LogP contribution < -0.4 is 16.4 Å². The largest absolute Gasteiger partial charge is 0.416 e. The minimum atomic E-state index is -4.42. The number of nitrogens with one attached hydrogen (secondary N) is 3.